The summed E-state index contributed by atoms with van der Waals surface area (Å²) in [7, 11) is 3.23. The van der Waals surface area contributed by atoms with E-state index in [4.69, 9.17) is 9.47 Å². The summed E-state index contributed by atoms with van der Waals surface area (Å²) in [4.78, 5) is 14.4. The minimum Gasteiger partial charge on any atom is -0.497 e. The van der Waals surface area contributed by atoms with Crippen molar-refractivity contribution in [1.29, 1.82) is 0 Å². The number of rotatable bonds is 6. The maximum atomic E-state index is 12.6. The molecule has 0 spiro atoms. The highest BCUT2D eigenvalue weighted by Crippen LogP contribution is 2.33. The zero-order valence-corrected chi connectivity index (χ0v) is 16.6. The fraction of sp³-hybridized carbons (Fsp3) is 0.409. The van der Waals surface area contributed by atoms with Crippen molar-refractivity contribution in [3.63, 3.8) is 0 Å². The van der Waals surface area contributed by atoms with Crippen molar-refractivity contribution in [3.8, 4) is 11.5 Å². The summed E-state index contributed by atoms with van der Waals surface area (Å²) in [5.74, 6) is 2.04. The maximum absolute atomic E-state index is 12.6. The molecule has 150 valence electrons. The number of hydrogen-bond donors (Lipinski definition) is 2. The summed E-state index contributed by atoms with van der Waals surface area (Å²) in [6, 6.07) is 14.7. The molecule has 1 aliphatic heterocycles. The number of nitrogens with one attached hydrogen (secondary N) is 1. The average Bonchev–Trinajstić information content (AvgIpc) is 3.09. The molecular weight excluding hydrogens is 356 g/mol. The number of anilines is 1. The maximum Gasteiger partial charge on any atom is 0.321 e. The molecule has 0 bridgehead atoms. The third-order valence-corrected chi connectivity index (χ3v) is 5.40. The first-order valence-electron chi connectivity index (χ1n) is 9.52. The number of nitrogens with zero attached hydrogens (tertiary/aromatic N) is 1. The van der Waals surface area contributed by atoms with Crippen LogP contribution in [0.15, 0.2) is 48.5 Å². The standard InChI is InChI=1S/C22H28N2O4/c1-15-13-24(22(26)23-18-7-9-19(27-2)10-8-18)14-17(15)12-21(25)16-5-4-6-20(11-16)28-3/h4-11,15,17,21,25H,12-14H2,1-3H3,(H,23,26). The van der Waals surface area contributed by atoms with Crippen molar-refractivity contribution in [3.05, 3.63) is 54.1 Å². The lowest BCUT2D eigenvalue weighted by Crippen LogP contribution is -2.33. The van der Waals surface area contributed by atoms with E-state index in [1.807, 2.05) is 53.4 Å². The highest BCUT2D eigenvalue weighted by atomic mass is 16.5. The molecule has 2 amide bonds. The van der Waals surface area contributed by atoms with Crippen molar-refractivity contribution in [2.24, 2.45) is 11.8 Å². The second-order valence-corrected chi connectivity index (χ2v) is 7.33. The molecule has 2 N–H and O–H groups in total. The molecule has 3 rings (SSSR count). The fourth-order valence-corrected chi connectivity index (χ4v) is 3.66. The van der Waals surface area contributed by atoms with E-state index in [9.17, 15) is 9.90 Å². The molecule has 28 heavy (non-hydrogen) atoms. The Kier molecular flexibility index (Phi) is 6.41. The summed E-state index contributed by atoms with van der Waals surface area (Å²) >= 11 is 0. The van der Waals surface area contributed by atoms with E-state index in [0.29, 0.717) is 25.4 Å². The van der Waals surface area contributed by atoms with Gasteiger partial charge in [0.15, 0.2) is 0 Å². The molecule has 3 unspecified atom stereocenters. The summed E-state index contributed by atoms with van der Waals surface area (Å²) < 4.78 is 10.4. The largest absolute Gasteiger partial charge is 0.497 e. The van der Waals surface area contributed by atoms with Crippen LogP contribution >= 0.6 is 0 Å². The number of ether oxygens (including phenoxy) is 2. The number of methoxy groups -OCH3 is 2. The van der Waals surface area contributed by atoms with E-state index >= 15 is 0 Å². The first kappa shape index (κ1) is 20.0. The van der Waals surface area contributed by atoms with E-state index < -0.39 is 6.10 Å². The molecule has 1 saturated heterocycles. The third kappa shape index (κ3) is 4.75. The first-order chi connectivity index (χ1) is 13.5. The number of aliphatic hydroxyl groups is 1. The zero-order valence-electron chi connectivity index (χ0n) is 16.6. The van der Waals surface area contributed by atoms with Gasteiger partial charge in [-0.2, -0.15) is 0 Å². The Morgan fingerprint density at radius 3 is 2.54 bits per heavy atom. The van der Waals surface area contributed by atoms with Crippen molar-refractivity contribution in [2.45, 2.75) is 19.4 Å². The summed E-state index contributed by atoms with van der Waals surface area (Å²) in [6.45, 7) is 3.44. The van der Waals surface area contributed by atoms with Gasteiger partial charge in [0.2, 0.25) is 0 Å². The lowest BCUT2D eigenvalue weighted by Gasteiger charge is -2.20. The van der Waals surface area contributed by atoms with Gasteiger partial charge in [0.25, 0.3) is 0 Å². The number of carbonyl (C=O) groups excluding carboxylic acids is 1. The fourth-order valence-electron chi connectivity index (χ4n) is 3.66. The van der Waals surface area contributed by atoms with E-state index in [1.54, 1.807) is 14.2 Å². The molecule has 2 aromatic carbocycles. The monoisotopic (exact) mass is 384 g/mol. The van der Waals surface area contributed by atoms with Crippen LogP contribution in [0.25, 0.3) is 0 Å². The molecule has 6 heteroatoms. The molecule has 3 atom stereocenters. The molecule has 1 fully saturated rings. The van der Waals surface area contributed by atoms with Crippen LogP contribution in [0, 0.1) is 11.8 Å². The number of urea groups is 1. The van der Waals surface area contributed by atoms with E-state index in [2.05, 4.69) is 12.2 Å². The third-order valence-electron chi connectivity index (χ3n) is 5.40. The van der Waals surface area contributed by atoms with Crippen molar-refractivity contribution >= 4 is 11.7 Å². The van der Waals surface area contributed by atoms with Crippen molar-refractivity contribution < 1.29 is 19.4 Å². The Hall–Kier alpha value is -2.73. The average molecular weight is 384 g/mol. The van der Waals surface area contributed by atoms with Crippen LogP contribution in [-0.2, 0) is 0 Å². The second kappa shape index (κ2) is 8.97. The number of hydrogen-bond acceptors (Lipinski definition) is 4. The number of benzene rings is 2. The van der Waals surface area contributed by atoms with Gasteiger partial charge < -0.3 is 24.8 Å². The highest BCUT2D eigenvalue weighted by molar-refractivity contribution is 5.89. The molecule has 0 aliphatic carbocycles. The highest BCUT2D eigenvalue weighted by Gasteiger charge is 2.34. The molecule has 1 heterocycles. The Morgan fingerprint density at radius 2 is 1.86 bits per heavy atom. The molecule has 0 saturated carbocycles. The lowest BCUT2D eigenvalue weighted by molar-refractivity contribution is 0.137. The Bertz CT molecular complexity index is 793. The van der Waals surface area contributed by atoms with Gasteiger partial charge in [0, 0.05) is 18.8 Å². The van der Waals surface area contributed by atoms with Gasteiger partial charge in [0.1, 0.15) is 11.5 Å². The zero-order chi connectivity index (χ0) is 20.1. The SMILES string of the molecule is COc1ccc(NC(=O)N2CC(C)C(CC(O)c3cccc(OC)c3)C2)cc1. The van der Waals surface area contributed by atoms with Crippen LogP contribution in [0.2, 0.25) is 0 Å². The van der Waals surface area contributed by atoms with Gasteiger partial charge in [-0.05, 0) is 60.2 Å². The summed E-state index contributed by atoms with van der Waals surface area (Å²) in [6.07, 6.45) is 0.0350. The van der Waals surface area contributed by atoms with Crippen molar-refractivity contribution in [1.82, 2.24) is 4.90 Å². The smallest absolute Gasteiger partial charge is 0.321 e. The first-order valence-corrected chi connectivity index (χ1v) is 9.52. The van der Waals surface area contributed by atoms with Crippen LogP contribution in [-0.4, -0.2) is 43.3 Å². The Labute approximate surface area is 166 Å². The normalized spacial score (nSPS) is 19.9. The molecule has 0 aromatic heterocycles. The van der Waals surface area contributed by atoms with Crippen LogP contribution in [0.4, 0.5) is 10.5 Å². The summed E-state index contributed by atoms with van der Waals surface area (Å²) in [5, 5.41) is 13.6. The second-order valence-electron chi connectivity index (χ2n) is 7.33. The lowest BCUT2D eigenvalue weighted by atomic mass is 9.90. The minimum absolute atomic E-state index is 0.115. The van der Waals surface area contributed by atoms with Gasteiger partial charge in [-0.25, -0.2) is 4.79 Å². The minimum atomic E-state index is -0.577. The predicted molar refractivity (Wildman–Crippen MR) is 109 cm³/mol. The van der Waals surface area contributed by atoms with E-state index in [0.717, 1.165) is 22.7 Å². The predicted octanol–water partition coefficient (Wildman–Crippen LogP) is 3.93. The number of carbonyl (C=O) groups is 1. The van der Waals surface area contributed by atoms with Gasteiger partial charge in [-0.3, -0.25) is 0 Å². The van der Waals surface area contributed by atoms with Crippen molar-refractivity contribution in [2.75, 3.05) is 32.6 Å². The van der Waals surface area contributed by atoms with Crippen LogP contribution in [0.5, 0.6) is 11.5 Å². The number of amides is 2. The molecule has 1 aliphatic rings. The Morgan fingerprint density at radius 1 is 1.14 bits per heavy atom. The van der Waals surface area contributed by atoms with Crippen LogP contribution in [0.1, 0.15) is 25.0 Å². The van der Waals surface area contributed by atoms with E-state index in [-0.39, 0.29) is 11.9 Å². The number of likely N-dealkylation sites (tertiary alicyclic amines) is 1. The molecule has 6 nitrogen and oxygen atoms in total. The molecule has 2 aromatic rings. The van der Waals surface area contributed by atoms with Gasteiger partial charge in [0.05, 0.1) is 20.3 Å². The molecular formula is C22H28N2O4. The van der Waals surface area contributed by atoms with Crippen LogP contribution < -0.4 is 14.8 Å². The molecule has 0 radical (unpaired) electrons. The van der Waals surface area contributed by atoms with Gasteiger partial charge in [-0.15, -0.1) is 0 Å². The topological polar surface area (TPSA) is 71.0 Å². The summed E-state index contributed by atoms with van der Waals surface area (Å²) in [5.41, 5.74) is 1.58. The van der Waals surface area contributed by atoms with Crippen LogP contribution in [0.3, 0.4) is 0 Å². The quantitative estimate of drug-likeness (QED) is 0.792. The van der Waals surface area contributed by atoms with E-state index in [1.165, 1.54) is 0 Å². The number of aliphatic hydroxyl groups excluding tert-OH is 1. The van der Waals surface area contributed by atoms with Gasteiger partial charge in [-0.1, -0.05) is 19.1 Å². The Balaban J connectivity index is 1.57. The van der Waals surface area contributed by atoms with Gasteiger partial charge >= 0.3 is 6.03 Å².